The van der Waals surface area contributed by atoms with Gasteiger partial charge >= 0.3 is 0 Å². The zero-order valence-corrected chi connectivity index (χ0v) is 10.6. The fraction of sp³-hybridized carbons (Fsp3) is 0.286. The summed E-state index contributed by atoms with van der Waals surface area (Å²) < 4.78 is 18.4. The van der Waals surface area contributed by atoms with Crippen molar-refractivity contribution < 1.29 is 18.4 Å². The number of hydrogen-bond acceptors (Lipinski definition) is 3. The number of benzene rings is 1. The third kappa shape index (κ3) is 2.36. The van der Waals surface area contributed by atoms with Gasteiger partial charge in [-0.05, 0) is 18.2 Å². The molecular weight excluding hydrogens is 263 g/mol. The summed E-state index contributed by atoms with van der Waals surface area (Å²) in [4.78, 5) is 23.1. The van der Waals surface area contributed by atoms with E-state index in [1.165, 1.54) is 24.5 Å². The number of carbonyl (C=O) groups is 2. The Morgan fingerprint density at radius 2 is 2.35 bits per heavy atom. The van der Waals surface area contributed by atoms with Gasteiger partial charge in [0.05, 0.1) is 5.56 Å². The molecule has 0 saturated carbocycles. The van der Waals surface area contributed by atoms with Gasteiger partial charge in [-0.1, -0.05) is 0 Å². The lowest BCUT2D eigenvalue weighted by molar-refractivity contribution is -0.119. The van der Waals surface area contributed by atoms with Gasteiger partial charge in [0.2, 0.25) is 5.91 Å². The van der Waals surface area contributed by atoms with Gasteiger partial charge in [-0.15, -0.1) is 0 Å². The standard InChI is InChI=1S/C14H13FN2O3/c15-9-1-2-12-10(4-9)11(7-20-12)14(19)17-6-8-3-13(18)16-5-8/h1-2,4,7-8H,3,5-6H2,(H,16,18)(H,17,19). The van der Waals surface area contributed by atoms with Gasteiger partial charge in [0, 0.05) is 30.8 Å². The molecule has 1 aromatic carbocycles. The molecule has 104 valence electrons. The molecule has 1 saturated heterocycles. The molecule has 0 radical (unpaired) electrons. The first-order chi connectivity index (χ1) is 9.63. The van der Waals surface area contributed by atoms with Crippen molar-refractivity contribution >= 4 is 22.8 Å². The molecule has 2 aromatic rings. The molecule has 1 unspecified atom stereocenters. The van der Waals surface area contributed by atoms with Gasteiger partial charge in [-0.25, -0.2) is 4.39 Å². The average Bonchev–Trinajstić information content (AvgIpc) is 3.02. The summed E-state index contributed by atoms with van der Waals surface area (Å²) >= 11 is 0. The van der Waals surface area contributed by atoms with E-state index in [0.29, 0.717) is 36.0 Å². The van der Waals surface area contributed by atoms with Crippen molar-refractivity contribution in [2.24, 2.45) is 5.92 Å². The molecule has 1 atom stereocenters. The van der Waals surface area contributed by atoms with Crippen LogP contribution in [0.2, 0.25) is 0 Å². The van der Waals surface area contributed by atoms with E-state index < -0.39 is 5.82 Å². The van der Waals surface area contributed by atoms with Crippen LogP contribution in [0.25, 0.3) is 11.0 Å². The number of carbonyl (C=O) groups excluding carboxylic acids is 2. The predicted molar refractivity (Wildman–Crippen MR) is 69.6 cm³/mol. The Labute approximate surface area is 114 Å². The van der Waals surface area contributed by atoms with E-state index in [4.69, 9.17) is 4.42 Å². The summed E-state index contributed by atoms with van der Waals surface area (Å²) in [5.41, 5.74) is 0.769. The quantitative estimate of drug-likeness (QED) is 0.891. The summed E-state index contributed by atoms with van der Waals surface area (Å²) in [7, 11) is 0. The molecule has 3 rings (SSSR count). The van der Waals surface area contributed by atoms with Gasteiger partial charge in [-0.3, -0.25) is 9.59 Å². The van der Waals surface area contributed by atoms with Gasteiger partial charge in [0.1, 0.15) is 17.7 Å². The number of furan rings is 1. The van der Waals surface area contributed by atoms with E-state index in [0.717, 1.165) is 0 Å². The highest BCUT2D eigenvalue weighted by molar-refractivity contribution is 6.05. The maximum Gasteiger partial charge on any atom is 0.255 e. The average molecular weight is 276 g/mol. The summed E-state index contributed by atoms with van der Waals surface area (Å²) in [6.07, 6.45) is 1.73. The summed E-state index contributed by atoms with van der Waals surface area (Å²) in [5, 5.41) is 5.90. The molecule has 1 fully saturated rings. The van der Waals surface area contributed by atoms with Crippen LogP contribution in [0.1, 0.15) is 16.8 Å². The Morgan fingerprint density at radius 3 is 3.10 bits per heavy atom. The molecule has 2 heterocycles. The Morgan fingerprint density at radius 1 is 1.50 bits per heavy atom. The second-order valence-electron chi connectivity index (χ2n) is 4.87. The zero-order valence-electron chi connectivity index (χ0n) is 10.6. The van der Waals surface area contributed by atoms with Crippen LogP contribution in [0.3, 0.4) is 0 Å². The summed E-state index contributed by atoms with van der Waals surface area (Å²) in [6, 6.07) is 4.04. The van der Waals surface area contributed by atoms with Crippen molar-refractivity contribution in [3.63, 3.8) is 0 Å². The van der Waals surface area contributed by atoms with Crippen LogP contribution in [-0.2, 0) is 4.79 Å². The second kappa shape index (κ2) is 4.96. The molecule has 0 bridgehead atoms. The van der Waals surface area contributed by atoms with Gasteiger partial charge in [0.15, 0.2) is 0 Å². The van der Waals surface area contributed by atoms with Crippen molar-refractivity contribution in [1.82, 2.24) is 10.6 Å². The second-order valence-corrected chi connectivity index (χ2v) is 4.87. The van der Waals surface area contributed by atoms with Crippen LogP contribution in [0, 0.1) is 11.7 Å². The van der Waals surface area contributed by atoms with Gasteiger partial charge in [0.25, 0.3) is 5.91 Å². The van der Waals surface area contributed by atoms with Crippen LogP contribution in [0.4, 0.5) is 4.39 Å². The molecule has 5 nitrogen and oxygen atoms in total. The molecule has 20 heavy (non-hydrogen) atoms. The third-order valence-electron chi connectivity index (χ3n) is 3.39. The predicted octanol–water partition coefficient (Wildman–Crippen LogP) is 1.44. The maximum atomic E-state index is 13.2. The minimum Gasteiger partial charge on any atom is -0.463 e. The Bertz CT molecular complexity index is 680. The lowest BCUT2D eigenvalue weighted by atomic mass is 10.1. The number of rotatable bonds is 3. The highest BCUT2D eigenvalue weighted by atomic mass is 19.1. The Kier molecular flexibility index (Phi) is 3.14. The molecular formula is C14H13FN2O3. The molecule has 2 N–H and O–H groups in total. The maximum absolute atomic E-state index is 13.2. The number of nitrogens with one attached hydrogen (secondary N) is 2. The summed E-state index contributed by atoms with van der Waals surface area (Å²) in [6.45, 7) is 0.972. The minimum absolute atomic E-state index is 0.0000750. The van der Waals surface area contributed by atoms with E-state index in [-0.39, 0.29) is 17.7 Å². The number of halogens is 1. The fourth-order valence-corrected chi connectivity index (χ4v) is 2.32. The molecule has 0 aliphatic carbocycles. The highest BCUT2D eigenvalue weighted by Gasteiger charge is 2.22. The zero-order chi connectivity index (χ0) is 14.1. The van der Waals surface area contributed by atoms with Crippen molar-refractivity contribution in [3.8, 4) is 0 Å². The normalized spacial score (nSPS) is 18.2. The molecule has 1 aliphatic rings. The van der Waals surface area contributed by atoms with Crippen LogP contribution in [-0.4, -0.2) is 24.9 Å². The van der Waals surface area contributed by atoms with Crippen molar-refractivity contribution in [3.05, 3.63) is 35.8 Å². The first kappa shape index (κ1) is 12.7. The van der Waals surface area contributed by atoms with Crippen LogP contribution >= 0.6 is 0 Å². The number of fused-ring (bicyclic) bond motifs is 1. The van der Waals surface area contributed by atoms with E-state index in [2.05, 4.69) is 10.6 Å². The van der Waals surface area contributed by atoms with Crippen LogP contribution in [0.15, 0.2) is 28.9 Å². The smallest absolute Gasteiger partial charge is 0.255 e. The lowest BCUT2D eigenvalue weighted by Gasteiger charge is -2.08. The molecule has 0 spiro atoms. The molecule has 1 aromatic heterocycles. The molecule has 6 heteroatoms. The van der Waals surface area contributed by atoms with Crippen molar-refractivity contribution in [1.29, 1.82) is 0 Å². The van der Waals surface area contributed by atoms with Crippen molar-refractivity contribution in [2.45, 2.75) is 6.42 Å². The van der Waals surface area contributed by atoms with E-state index in [9.17, 15) is 14.0 Å². The minimum atomic E-state index is -0.418. The summed E-state index contributed by atoms with van der Waals surface area (Å²) in [5.74, 6) is -0.645. The van der Waals surface area contributed by atoms with Gasteiger partial charge in [-0.2, -0.15) is 0 Å². The monoisotopic (exact) mass is 276 g/mol. The van der Waals surface area contributed by atoms with Gasteiger partial charge < -0.3 is 15.1 Å². The first-order valence-electron chi connectivity index (χ1n) is 6.35. The Hall–Kier alpha value is -2.37. The molecule has 2 amide bonds. The van der Waals surface area contributed by atoms with E-state index in [1.807, 2.05) is 0 Å². The first-order valence-corrected chi connectivity index (χ1v) is 6.35. The SMILES string of the molecule is O=C1CC(CNC(=O)c2coc3ccc(F)cc23)CN1. The number of amides is 2. The van der Waals surface area contributed by atoms with E-state index >= 15 is 0 Å². The lowest BCUT2D eigenvalue weighted by Crippen LogP contribution is -2.30. The largest absolute Gasteiger partial charge is 0.463 e. The highest BCUT2D eigenvalue weighted by Crippen LogP contribution is 2.22. The van der Waals surface area contributed by atoms with Crippen LogP contribution < -0.4 is 10.6 Å². The third-order valence-corrected chi connectivity index (χ3v) is 3.39. The number of hydrogen-bond donors (Lipinski definition) is 2. The molecule has 1 aliphatic heterocycles. The van der Waals surface area contributed by atoms with Crippen LogP contribution in [0.5, 0.6) is 0 Å². The topological polar surface area (TPSA) is 71.3 Å². The van der Waals surface area contributed by atoms with E-state index in [1.54, 1.807) is 0 Å². The Balaban J connectivity index is 1.72. The fourth-order valence-electron chi connectivity index (χ4n) is 2.32. The van der Waals surface area contributed by atoms with Crippen molar-refractivity contribution in [2.75, 3.05) is 13.1 Å².